The van der Waals surface area contributed by atoms with Gasteiger partial charge in [-0.1, -0.05) is 42.5 Å². The number of para-hydroxylation sites is 5. The summed E-state index contributed by atoms with van der Waals surface area (Å²) >= 11 is 1.30. The molecule has 14 nitrogen and oxygen atoms in total. The molecule has 0 unspecified atom stereocenters. The van der Waals surface area contributed by atoms with Crippen LogP contribution in [0.5, 0.6) is 11.8 Å². The van der Waals surface area contributed by atoms with Crippen molar-refractivity contribution in [2.75, 3.05) is 9.44 Å². The van der Waals surface area contributed by atoms with Crippen LogP contribution in [0.25, 0.3) is 66.6 Å². The maximum Gasteiger partial charge on any atom is 0.262 e. The van der Waals surface area contributed by atoms with Gasteiger partial charge >= 0.3 is 0 Å². The van der Waals surface area contributed by atoms with Crippen molar-refractivity contribution in [3.05, 3.63) is 133 Å². The van der Waals surface area contributed by atoms with E-state index < -0.39 is 20.0 Å². The summed E-state index contributed by atoms with van der Waals surface area (Å²) in [6.45, 7) is 0. The standard InChI is InChI=1S/C21H16N4O3S.C19H14N4O3S2/c26-21-19(20-22-17-8-4-5-9-18(17)23-20)15-12-14(10-11-16(15)24-21)29(27,28)25-13-6-2-1-3-7-13;24-19-17(18-20-14-4-1-2-5-15(14)21-18)12-10-11(7-8-13(12)22-19)28(25,26)23-16-6-3-9-27-16/h1-12,24-26H,(H,22,23);1-10,22-24H,(H,20,21). The number of aromatic amines is 4. The maximum absolute atomic E-state index is 12.8. The zero-order chi connectivity index (χ0) is 39.3. The molecule has 5 aromatic heterocycles. The average molecular weight is 815 g/mol. The number of hydrogen-bond donors (Lipinski definition) is 8. The van der Waals surface area contributed by atoms with Gasteiger partial charge in [-0.25, -0.2) is 26.8 Å². The highest BCUT2D eigenvalue weighted by molar-refractivity contribution is 7.93. The van der Waals surface area contributed by atoms with Crippen LogP contribution in [0.4, 0.5) is 10.7 Å². The third-order valence-corrected chi connectivity index (χ3v) is 12.8. The number of hydrogen-bond acceptors (Lipinski definition) is 9. The summed E-state index contributed by atoms with van der Waals surface area (Å²) in [6.07, 6.45) is 0. The Morgan fingerprint density at radius 1 is 0.509 bits per heavy atom. The molecule has 5 aromatic carbocycles. The second-order valence-corrected chi connectivity index (χ2v) is 17.2. The minimum Gasteiger partial charge on any atom is -0.494 e. The Hall–Kier alpha value is -7.08. The molecule has 8 N–H and O–H groups in total. The molecule has 10 rings (SSSR count). The van der Waals surface area contributed by atoms with Crippen LogP contribution in [-0.4, -0.2) is 57.0 Å². The van der Waals surface area contributed by atoms with E-state index in [4.69, 9.17) is 0 Å². The molecule has 284 valence electrons. The van der Waals surface area contributed by atoms with Crippen molar-refractivity contribution < 1.29 is 27.0 Å². The first-order valence-electron chi connectivity index (χ1n) is 17.3. The fraction of sp³-hybridized carbons (Fsp3) is 0. The number of H-pyrrole nitrogens is 4. The fourth-order valence-electron chi connectivity index (χ4n) is 6.52. The average Bonchev–Trinajstić information content (AvgIpc) is 4.03. The highest BCUT2D eigenvalue weighted by atomic mass is 32.2. The lowest BCUT2D eigenvalue weighted by Crippen LogP contribution is -2.12. The number of aromatic hydroxyl groups is 2. The molecule has 0 aliphatic rings. The van der Waals surface area contributed by atoms with Crippen molar-refractivity contribution in [1.29, 1.82) is 0 Å². The first-order valence-corrected chi connectivity index (χ1v) is 21.1. The van der Waals surface area contributed by atoms with Crippen LogP contribution in [0.2, 0.25) is 0 Å². The van der Waals surface area contributed by atoms with Gasteiger partial charge in [0.15, 0.2) is 0 Å². The SMILES string of the molecule is O=S(=O)(Nc1ccccc1)c1ccc2[nH]c(O)c(-c3nc4ccccc4[nH]3)c2c1.O=S(=O)(Nc1cccs1)c1ccc2[nH]c(O)c(-c3nc4ccccc4[nH]3)c2c1. The topological polar surface area (TPSA) is 222 Å². The van der Waals surface area contributed by atoms with Crippen LogP contribution in [0, 0.1) is 0 Å². The first kappa shape index (κ1) is 35.6. The lowest BCUT2D eigenvalue weighted by Gasteiger charge is -2.08. The first-order chi connectivity index (χ1) is 27.5. The molecule has 0 fully saturated rings. The summed E-state index contributed by atoms with van der Waals surface area (Å²) in [4.78, 5) is 21.3. The van der Waals surface area contributed by atoms with Gasteiger partial charge in [0.05, 0.1) is 43.0 Å². The van der Waals surface area contributed by atoms with Crippen LogP contribution in [0.15, 0.2) is 143 Å². The second kappa shape index (κ2) is 13.9. The van der Waals surface area contributed by atoms with E-state index in [9.17, 15) is 27.0 Å². The van der Waals surface area contributed by atoms with Crippen LogP contribution in [0.1, 0.15) is 0 Å². The maximum atomic E-state index is 12.8. The number of fused-ring (bicyclic) bond motifs is 4. The third kappa shape index (κ3) is 6.79. The Bertz CT molecular complexity index is 3250. The lowest BCUT2D eigenvalue weighted by molar-refractivity contribution is 0.459. The van der Waals surface area contributed by atoms with Crippen molar-refractivity contribution >= 4 is 85.9 Å². The smallest absolute Gasteiger partial charge is 0.262 e. The minimum atomic E-state index is -3.80. The van der Waals surface area contributed by atoms with Crippen molar-refractivity contribution in [2.45, 2.75) is 9.79 Å². The number of imidazole rings is 2. The van der Waals surface area contributed by atoms with Gasteiger partial charge in [-0.15, -0.1) is 11.3 Å². The van der Waals surface area contributed by atoms with Gasteiger partial charge in [0, 0.05) is 27.5 Å². The molecular weight excluding hydrogens is 785 g/mol. The van der Waals surface area contributed by atoms with Gasteiger partial charge < -0.3 is 30.1 Å². The van der Waals surface area contributed by atoms with E-state index in [1.807, 2.05) is 54.6 Å². The van der Waals surface area contributed by atoms with E-state index in [0.717, 1.165) is 22.1 Å². The van der Waals surface area contributed by atoms with Crippen molar-refractivity contribution in [3.63, 3.8) is 0 Å². The zero-order valence-corrected chi connectivity index (χ0v) is 31.8. The number of rotatable bonds is 8. The predicted octanol–water partition coefficient (Wildman–Crippen LogP) is 8.50. The van der Waals surface area contributed by atoms with Crippen LogP contribution in [-0.2, 0) is 20.0 Å². The van der Waals surface area contributed by atoms with Crippen molar-refractivity contribution in [2.24, 2.45) is 0 Å². The predicted molar refractivity (Wildman–Crippen MR) is 222 cm³/mol. The van der Waals surface area contributed by atoms with E-state index >= 15 is 0 Å². The van der Waals surface area contributed by atoms with Crippen LogP contribution < -0.4 is 9.44 Å². The molecule has 0 saturated heterocycles. The Kier molecular flexibility index (Phi) is 8.68. The molecule has 5 heterocycles. The van der Waals surface area contributed by atoms with E-state index in [-0.39, 0.29) is 21.6 Å². The molecule has 0 amide bonds. The van der Waals surface area contributed by atoms with Gasteiger partial charge in [-0.3, -0.25) is 9.44 Å². The lowest BCUT2D eigenvalue weighted by atomic mass is 10.1. The van der Waals surface area contributed by atoms with E-state index in [0.29, 0.717) is 55.3 Å². The summed E-state index contributed by atoms with van der Waals surface area (Å²) in [5, 5.41) is 24.3. The Morgan fingerprint density at radius 2 is 1.00 bits per heavy atom. The quantitative estimate of drug-likeness (QED) is 0.0741. The van der Waals surface area contributed by atoms with E-state index in [1.165, 1.54) is 35.6 Å². The van der Waals surface area contributed by atoms with Gasteiger partial charge in [-0.05, 0) is 90.3 Å². The van der Waals surface area contributed by atoms with E-state index in [1.54, 1.807) is 53.9 Å². The molecule has 0 aliphatic heterocycles. The molecule has 0 saturated carbocycles. The normalized spacial score (nSPS) is 11.9. The molecule has 0 aliphatic carbocycles. The largest absolute Gasteiger partial charge is 0.494 e. The number of nitrogens with zero attached hydrogens (tertiary/aromatic N) is 2. The van der Waals surface area contributed by atoms with E-state index in [2.05, 4.69) is 39.3 Å². The molecule has 0 spiro atoms. The molecule has 10 aromatic rings. The van der Waals surface area contributed by atoms with Gasteiger partial charge in [-0.2, -0.15) is 0 Å². The molecule has 0 bridgehead atoms. The number of aromatic nitrogens is 6. The fourth-order valence-corrected chi connectivity index (χ4v) is 9.56. The summed E-state index contributed by atoms with van der Waals surface area (Å²) in [6, 6.07) is 36.5. The number of nitrogens with one attached hydrogen (secondary N) is 6. The van der Waals surface area contributed by atoms with Crippen molar-refractivity contribution in [1.82, 2.24) is 29.9 Å². The second-order valence-electron chi connectivity index (χ2n) is 12.9. The Morgan fingerprint density at radius 3 is 1.49 bits per heavy atom. The summed E-state index contributed by atoms with van der Waals surface area (Å²) in [7, 11) is -7.55. The van der Waals surface area contributed by atoms with Gasteiger partial charge in [0.1, 0.15) is 16.6 Å². The zero-order valence-electron chi connectivity index (χ0n) is 29.3. The number of thiophene rings is 1. The number of anilines is 2. The summed E-state index contributed by atoms with van der Waals surface area (Å²) in [5.41, 5.74) is 5.72. The Labute approximate surface area is 328 Å². The van der Waals surface area contributed by atoms with Crippen LogP contribution >= 0.6 is 11.3 Å². The number of benzene rings is 5. The Balaban J connectivity index is 0.000000148. The monoisotopic (exact) mass is 814 g/mol. The highest BCUT2D eigenvalue weighted by Gasteiger charge is 2.23. The molecule has 17 heteroatoms. The molecule has 0 atom stereocenters. The minimum absolute atomic E-state index is 0.0742. The third-order valence-electron chi connectivity index (χ3n) is 9.16. The van der Waals surface area contributed by atoms with Gasteiger partial charge in [0.25, 0.3) is 20.0 Å². The molecular formula is C40H30N8O6S3. The van der Waals surface area contributed by atoms with Crippen LogP contribution in [0.3, 0.4) is 0 Å². The highest BCUT2D eigenvalue weighted by Crippen LogP contribution is 2.39. The number of sulfonamides is 2. The summed E-state index contributed by atoms with van der Waals surface area (Å²) in [5.74, 6) is 0.769. The molecule has 0 radical (unpaired) electrons. The van der Waals surface area contributed by atoms with Crippen molar-refractivity contribution in [3.8, 4) is 34.5 Å². The van der Waals surface area contributed by atoms with Gasteiger partial charge in [0.2, 0.25) is 11.8 Å². The molecule has 57 heavy (non-hydrogen) atoms. The summed E-state index contributed by atoms with van der Waals surface area (Å²) < 4.78 is 56.3.